The smallest absolute Gasteiger partial charge is 0.419 e. The maximum Gasteiger partial charge on any atom is 0.419 e. The fourth-order valence-electron chi connectivity index (χ4n) is 3.93. The van der Waals surface area contributed by atoms with E-state index in [1.807, 2.05) is 0 Å². The molecule has 14 heteroatoms. The summed E-state index contributed by atoms with van der Waals surface area (Å²) in [5.41, 5.74) is 0.886. The van der Waals surface area contributed by atoms with Gasteiger partial charge in [-0.15, -0.1) is 0 Å². The lowest BCUT2D eigenvalue weighted by Crippen LogP contribution is -2.41. The highest BCUT2D eigenvalue weighted by molar-refractivity contribution is 7.90. The molecule has 1 N–H and O–H groups in total. The van der Waals surface area contributed by atoms with Crippen LogP contribution in [0.1, 0.15) is 24.5 Å². The van der Waals surface area contributed by atoms with E-state index in [1.165, 1.54) is 15.8 Å². The van der Waals surface area contributed by atoms with Gasteiger partial charge in [-0.05, 0) is 31.9 Å². The first-order valence-electron chi connectivity index (χ1n) is 10.8. The Labute approximate surface area is 204 Å². The summed E-state index contributed by atoms with van der Waals surface area (Å²) < 4.78 is 69.1. The van der Waals surface area contributed by atoms with Crippen LogP contribution in [-0.4, -0.2) is 57.4 Å². The first-order chi connectivity index (χ1) is 16.8. The normalized spacial score (nSPS) is 16.0. The SMILES string of the molecule is C[C@H]1CCc2c(ccc(-c3cnn(CCS(C)(=O)=O)c3)c2Oc2ncc(C(F)(F)F)cn2)N1C(=O)O. The summed E-state index contributed by atoms with van der Waals surface area (Å²) in [6, 6.07) is 2.60. The fourth-order valence-corrected chi connectivity index (χ4v) is 4.45. The van der Waals surface area contributed by atoms with Crippen LogP contribution in [0.3, 0.4) is 0 Å². The molecule has 0 fully saturated rings. The maximum absolute atomic E-state index is 12.9. The number of ether oxygens (including phenoxy) is 1. The Morgan fingerprint density at radius 3 is 2.53 bits per heavy atom. The number of halogens is 3. The second-order valence-corrected chi connectivity index (χ2v) is 10.7. The number of nitrogens with zero attached hydrogens (tertiary/aromatic N) is 5. The zero-order valence-corrected chi connectivity index (χ0v) is 20.0. The van der Waals surface area contributed by atoms with E-state index in [-0.39, 0.29) is 30.1 Å². The summed E-state index contributed by atoms with van der Waals surface area (Å²) in [6.45, 7) is 1.89. The highest BCUT2D eigenvalue weighted by Crippen LogP contribution is 2.44. The standard InChI is InChI=1S/C22H22F3N5O5S/c1-13-3-4-17-18(30(13)21(31)32)6-5-16(14-9-28-29(12-14)7-8-36(2,33)34)19(17)35-20-26-10-15(11-27-20)22(23,24)25/h5-6,9-13H,3-4,7-8H2,1-2H3,(H,31,32)/t13-/m0/s1. The number of amides is 1. The quantitative estimate of drug-likeness (QED) is 0.511. The van der Waals surface area contributed by atoms with E-state index in [0.717, 1.165) is 6.26 Å². The molecule has 36 heavy (non-hydrogen) atoms. The van der Waals surface area contributed by atoms with E-state index in [4.69, 9.17) is 4.74 Å². The van der Waals surface area contributed by atoms with Crippen LogP contribution in [0, 0.1) is 0 Å². The van der Waals surface area contributed by atoms with Gasteiger partial charge in [0.15, 0.2) is 0 Å². The number of aryl methyl sites for hydroxylation is 1. The first-order valence-corrected chi connectivity index (χ1v) is 12.8. The van der Waals surface area contributed by atoms with E-state index in [0.29, 0.717) is 47.6 Å². The van der Waals surface area contributed by atoms with Crippen molar-refractivity contribution in [3.8, 4) is 22.9 Å². The van der Waals surface area contributed by atoms with Gasteiger partial charge in [-0.1, -0.05) is 0 Å². The lowest BCUT2D eigenvalue weighted by molar-refractivity contribution is -0.138. The van der Waals surface area contributed by atoms with Crippen LogP contribution >= 0.6 is 0 Å². The van der Waals surface area contributed by atoms with E-state index < -0.39 is 27.7 Å². The van der Waals surface area contributed by atoms with Gasteiger partial charge in [0.1, 0.15) is 15.6 Å². The van der Waals surface area contributed by atoms with Crippen LogP contribution in [0.25, 0.3) is 11.1 Å². The van der Waals surface area contributed by atoms with Gasteiger partial charge in [0.2, 0.25) is 0 Å². The molecule has 1 aliphatic heterocycles. The zero-order valence-electron chi connectivity index (χ0n) is 19.2. The number of carbonyl (C=O) groups is 1. The number of anilines is 1. The number of rotatable bonds is 6. The number of hydrogen-bond acceptors (Lipinski definition) is 7. The van der Waals surface area contributed by atoms with Crippen LogP contribution in [0.4, 0.5) is 23.7 Å². The summed E-state index contributed by atoms with van der Waals surface area (Å²) in [4.78, 5) is 20.5. The van der Waals surface area contributed by atoms with Crippen molar-refractivity contribution >= 4 is 21.6 Å². The third-order valence-corrected chi connectivity index (χ3v) is 6.66. The Morgan fingerprint density at radius 2 is 1.92 bits per heavy atom. The van der Waals surface area contributed by atoms with Crippen molar-refractivity contribution in [3.63, 3.8) is 0 Å². The van der Waals surface area contributed by atoms with Crippen LogP contribution < -0.4 is 9.64 Å². The number of aromatic nitrogens is 4. The Bertz CT molecular complexity index is 1390. The van der Waals surface area contributed by atoms with Crippen molar-refractivity contribution < 1.29 is 36.2 Å². The molecule has 3 aromatic rings. The molecule has 1 aliphatic rings. The molecular weight excluding hydrogens is 503 g/mol. The van der Waals surface area contributed by atoms with Gasteiger partial charge in [0, 0.05) is 47.6 Å². The minimum atomic E-state index is -4.62. The molecule has 4 rings (SSSR count). The highest BCUT2D eigenvalue weighted by Gasteiger charge is 2.33. The number of carboxylic acid groups (broad SMARTS) is 1. The number of alkyl halides is 3. The largest absolute Gasteiger partial charge is 0.465 e. The van der Waals surface area contributed by atoms with Crippen LogP contribution in [0.5, 0.6) is 11.8 Å². The fraction of sp³-hybridized carbons (Fsp3) is 0.364. The van der Waals surface area contributed by atoms with E-state index in [9.17, 15) is 31.5 Å². The van der Waals surface area contributed by atoms with Crippen molar-refractivity contribution in [2.75, 3.05) is 16.9 Å². The number of sulfone groups is 1. The summed E-state index contributed by atoms with van der Waals surface area (Å²) in [5, 5.41) is 13.9. The Morgan fingerprint density at radius 1 is 1.22 bits per heavy atom. The van der Waals surface area contributed by atoms with E-state index >= 15 is 0 Å². The van der Waals surface area contributed by atoms with Gasteiger partial charge in [-0.2, -0.15) is 18.3 Å². The van der Waals surface area contributed by atoms with Gasteiger partial charge < -0.3 is 9.84 Å². The number of benzene rings is 1. The monoisotopic (exact) mass is 525 g/mol. The molecule has 0 aliphatic carbocycles. The third-order valence-electron chi connectivity index (χ3n) is 5.74. The van der Waals surface area contributed by atoms with Gasteiger partial charge in [0.25, 0.3) is 0 Å². The molecule has 0 saturated carbocycles. The van der Waals surface area contributed by atoms with Gasteiger partial charge >= 0.3 is 18.3 Å². The molecule has 0 spiro atoms. The molecule has 0 radical (unpaired) electrons. The Kier molecular flexibility index (Phi) is 6.64. The summed E-state index contributed by atoms with van der Waals surface area (Å²) in [6.07, 6.45) is 0.575. The van der Waals surface area contributed by atoms with Gasteiger partial charge in [0.05, 0.1) is 29.7 Å². The molecule has 1 aromatic carbocycles. The molecule has 192 valence electrons. The van der Waals surface area contributed by atoms with Gasteiger partial charge in [-0.25, -0.2) is 23.2 Å². The van der Waals surface area contributed by atoms with Crippen molar-refractivity contribution in [2.24, 2.45) is 0 Å². The average Bonchev–Trinajstić information content (AvgIpc) is 3.25. The average molecular weight is 526 g/mol. The van der Waals surface area contributed by atoms with Crippen LogP contribution in [0.15, 0.2) is 36.9 Å². The summed E-state index contributed by atoms with van der Waals surface area (Å²) in [5.74, 6) is 0.0695. The Hall–Kier alpha value is -3.68. The number of hydrogen-bond donors (Lipinski definition) is 1. The second-order valence-electron chi connectivity index (χ2n) is 8.46. The molecule has 2 aromatic heterocycles. The zero-order chi connectivity index (χ0) is 26.3. The molecule has 0 unspecified atom stereocenters. The highest BCUT2D eigenvalue weighted by atomic mass is 32.2. The second kappa shape index (κ2) is 9.41. The predicted molar refractivity (Wildman–Crippen MR) is 123 cm³/mol. The Balaban J connectivity index is 1.78. The minimum absolute atomic E-state index is 0.117. The lowest BCUT2D eigenvalue weighted by Gasteiger charge is -2.34. The molecule has 1 amide bonds. The van der Waals surface area contributed by atoms with Crippen molar-refractivity contribution in [3.05, 3.63) is 48.0 Å². The van der Waals surface area contributed by atoms with E-state index in [1.54, 1.807) is 25.3 Å². The van der Waals surface area contributed by atoms with Crippen molar-refractivity contribution in [1.29, 1.82) is 0 Å². The van der Waals surface area contributed by atoms with Crippen molar-refractivity contribution in [1.82, 2.24) is 19.7 Å². The molecule has 3 heterocycles. The third kappa shape index (κ3) is 5.42. The summed E-state index contributed by atoms with van der Waals surface area (Å²) in [7, 11) is -3.22. The van der Waals surface area contributed by atoms with Crippen LogP contribution in [0.2, 0.25) is 0 Å². The van der Waals surface area contributed by atoms with E-state index in [2.05, 4.69) is 15.1 Å². The maximum atomic E-state index is 12.9. The predicted octanol–water partition coefficient (Wildman–Crippen LogP) is 4.01. The molecule has 0 bridgehead atoms. The first kappa shape index (κ1) is 25.4. The topological polar surface area (TPSA) is 128 Å². The molecule has 10 nitrogen and oxygen atoms in total. The van der Waals surface area contributed by atoms with Crippen molar-refractivity contribution in [2.45, 2.75) is 38.5 Å². The van der Waals surface area contributed by atoms with Gasteiger partial charge in [-0.3, -0.25) is 9.58 Å². The number of fused-ring (bicyclic) bond motifs is 1. The summed E-state index contributed by atoms with van der Waals surface area (Å²) >= 11 is 0. The minimum Gasteiger partial charge on any atom is -0.465 e. The van der Waals surface area contributed by atoms with Crippen LogP contribution in [-0.2, 0) is 29.0 Å². The molecule has 1 atom stereocenters. The molecular formula is C22H22F3N5O5S. The molecule has 0 saturated heterocycles. The lowest BCUT2D eigenvalue weighted by atomic mass is 9.92.